The van der Waals surface area contributed by atoms with Crippen molar-refractivity contribution in [2.75, 3.05) is 7.11 Å². The number of allylic oxidation sites excluding steroid dienone is 2. The van der Waals surface area contributed by atoms with Crippen molar-refractivity contribution in [3.63, 3.8) is 0 Å². The first-order valence-electron chi connectivity index (χ1n) is 7.29. The smallest absolute Gasteiger partial charge is 0.260 e. The third kappa shape index (κ3) is 1.37. The highest BCUT2D eigenvalue weighted by molar-refractivity contribution is 6.51. The predicted molar refractivity (Wildman–Crippen MR) is 82.0 cm³/mol. The zero-order valence-corrected chi connectivity index (χ0v) is 14.8. The Morgan fingerprint density at radius 2 is 1.48 bits per heavy atom. The van der Waals surface area contributed by atoms with E-state index in [0.29, 0.717) is 16.5 Å². The predicted octanol–water partition coefficient (Wildman–Crippen LogP) is 2.22. The molecule has 2 aliphatic carbocycles. The molecule has 0 spiro atoms. The second kappa shape index (κ2) is 4.19. The maximum absolute atomic E-state index is 12.5. The van der Waals surface area contributed by atoms with E-state index in [1.54, 1.807) is 0 Å². The van der Waals surface area contributed by atoms with Crippen LogP contribution in [0.15, 0.2) is 10.1 Å². The first-order valence-corrected chi connectivity index (χ1v) is 8.80. The number of carbonyl (C=O) groups is 2. The van der Waals surface area contributed by atoms with Crippen molar-refractivity contribution < 1.29 is 19.2 Å². The molecular weight excluding hydrogens is 388 g/mol. The number of fused-ring (bicyclic) bond motifs is 12. The lowest BCUT2D eigenvalue weighted by molar-refractivity contribution is -0.184. The Morgan fingerprint density at radius 3 is 1.87 bits per heavy atom. The van der Waals surface area contributed by atoms with Crippen molar-refractivity contribution in [3.05, 3.63) is 10.1 Å². The number of hydroxylamine groups is 2. The first kappa shape index (κ1) is 15.2. The lowest BCUT2D eigenvalue weighted by Crippen LogP contribution is -2.50. The van der Waals surface area contributed by atoms with E-state index in [9.17, 15) is 9.59 Å². The van der Waals surface area contributed by atoms with Crippen LogP contribution in [0.5, 0.6) is 0 Å². The topological polar surface area (TPSA) is 55.8 Å². The van der Waals surface area contributed by atoms with Gasteiger partial charge in [0.1, 0.15) is 0 Å². The number of carbonyl (C=O) groups excluding carboxylic acids is 2. The van der Waals surface area contributed by atoms with Crippen LogP contribution in [0.3, 0.4) is 0 Å². The summed E-state index contributed by atoms with van der Waals surface area (Å²) in [6.07, 6.45) is -0.603. The summed E-state index contributed by atoms with van der Waals surface area (Å²) in [6.45, 7) is 0. The van der Waals surface area contributed by atoms with Gasteiger partial charge in [0.25, 0.3) is 11.8 Å². The monoisotopic (exact) mass is 397 g/mol. The summed E-state index contributed by atoms with van der Waals surface area (Å²) in [4.78, 5) is 28.1. The summed E-state index contributed by atoms with van der Waals surface area (Å²) < 4.78 is 6.01. The van der Waals surface area contributed by atoms with E-state index in [-0.39, 0.29) is 23.7 Å². The van der Waals surface area contributed by atoms with E-state index < -0.39 is 33.8 Å². The molecule has 9 heteroatoms. The van der Waals surface area contributed by atoms with Crippen LogP contribution < -0.4 is 0 Å². The van der Waals surface area contributed by atoms with E-state index in [1.807, 2.05) is 0 Å². The molecule has 8 atom stereocenters. The van der Waals surface area contributed by atoms with Gasteiger partial charge in [-0.15, -0.1) is 23.2 Å². The van der Waals surface area contributed by atoms with E-state index in [0.717, 1.165) is 5.06 Å². The molecule has 3 aliphatic heterocycles. The average molecular weight is 399 g/mol. The zero-order chi connectivity index (χ0) is 16.5. The van der Waals surface area contributed by atoms with E-state index in [1.165, 1.54) is 7.11 Å². The number of ether oxygens (including phenoxy) is 1. The summed E-state index contributed by atoms with van der Waals surface area (Å²) in [5, 5.41) is 1.49. The number of amides is 2. The Balaban J connectivity index is 1.65. The Bertz CT molecular complexity index is 659. The lowest BCUT2D eigenvalue weighted by atomic mass is 9.65. The molecule has 4 fully saturated rings. The van der Waals surface area contributed by atoms with Gasteiger partial charge in [-0.2, -0.15) is 5.06 Å². The van der Waals surface area contributed by atoms with Gasteiger partial charge in [-0.3, -0.25) is 14.4 Å². The van der Waals surface area contributed by atoms with Crippen molar-refractivity contribution >= 4 is 58.2 Å². The summed E-state index contributed by atoms with van der Waals surface area (Å²) in [5.41, 5.74) is 0. The number of alkyl halides is 2. The summed E-state index contributed by atoms with van der Waals surface area (Å²) >= 11 is 26.3. The number of halogens is 4. The molecular formula is C14H11Cl4NO4. The molecule has 5 nitrogen and oxygen atoms in total. The number of rotatable bonds is 1. The molecule has 5 aliphatic rings. The highest BCUT2D eigenvalue weighted by atomic mass is 35.5. The molecule has 5 rings (SSSR count). The van der Waals surface area contributed by atoms with E-state index in [4.69, 9.17) is 56.0 Å². The second-order valence-electron chi connectivity index (χ2n) is 6.85. The second-order valence-corrected chi connectivity index (χ2v) is 8.96. The highest BCUT2D eigenvalue weighted by Crippen LogP contribution is 2.75. The number of hydrogen-bond donors (Lipinski definition) is 0. The average Bonchev–Trinajstić information content (AvgIpc) is 3.21. The van der Waals surface area contributed by atoms with Crippen LogP contribution in [0, 0.1) is 23.7 Å². The molecule has 3 heterocycles. The molecule has 0 aromatic carbocycles. The summed E-state index contributed by atoms with van der Waals surface area (Å²) in [7, 11) is 1.30. The summed E-state index contributed by atoms with van der Waals surface area (Å²) in [5.74, 6) is -2.43. The summed E-state index contributed by atoms with van der Waals surface area (Å²) in [6, 6.07) is 0. The van der Waals surface area contributed by atoms with Gasteiger partial charge in [-0.05, 0) is 6.42 Å². The SMILES string of the molecule is CON1C(=O)[C@@H]2[C@H]3O[C@H]([C@@H]2C1=O)[C@@H]1[C@@H]3[C@]2(Cl)C[C@]1(Cl)C(Cl)=C2Cl. The van der Waals surface area contributed by atoms with Gasteiger partial charge < -0.3 is 4.74 Å². The fourth-order valence-corrected chi connectivity index (χ4v) is 7.46. The molecule has 124 valence electrons. The largest absolute Gasteiger partial charge is 0.373 e. The van der Waals surface area contributed by atoms with Crippen molar-refractivity contribution in [2.24, 2.45) is 23.7 Å². The third-order valence-electron chi connectivity index (χ3n) is 6.15. The standard InChI is InChI=1S/C14H11Cl4NO4/c1-22-19-11(20)3-4(12(19)21)8-6-5(7(3)23-8)13(17)2-14(6,18)10(16)9(13)15/h3-8H,2H2,1H3/t3-,4+,5-,6-,7+,8+,13+,14+/m0/s1. The van der Waals surface area contributed by atoms with Crippen LogP contribution in [0.25, 0.3) is 0 Å². The van der Waals surface area contributed by atoms with Gasteiger partial charge in [0.2, 0.25) is 0 Å². The minimum Gasteiger partial charge on any atom is -0.373 e. The van der Waals surface area contributed by atoms with E-state index >= 15 is 0 Å². The highest BCUT2D eigenvalue weighted by Gasteiger charge is 2.81. The molecule has 0 unspecified atom stereocenters. The van der Waals surface area contributed by atoms with Gasteiger partial charge in [-0.25, -0.2) is 0 Å². The fraction of sp³-hybridized carbons (Fsp3) is 0.714. The first-order chi connectivity index (χ1) is 10.8. The van der Waals surface area contributed by atoms with Gasteiger partial charge in [-0.1, -0.05) is 23.2 Å². The molecule has 23 heavy (non-hydrogen) atoms. The molecule has 4 bridgehead atoms. The molecule has 1 saturated carbocycles. The van der Waals surface area contributed by atoms with E-state index in [2.05, 4.69) is 0 Å². The maximum Gasteiger partial charge on any atom is 0.260 e. The van der Waals surface area contributed by atoms with Crippen LogP contribution in [-0.4, -0.2) is 45.9 Å². The Kier molecular flexibility index (Phi) is 2.78. The molecule has 0 aromatic heterocycles. The molecule has 0 aromatic rings. The van der Waals surface area contributed by atoms with Crippen molar-refractivity contribution in [3.8, 4) is 0 Å². The van der Waals surface area contributed by atoms with Gasteiger partial charge in [0, 0.05) is 11.8 Å². The van der Waals surface area contributed by atoms with Crippen LogP contribution in [0.4, 0.5) is 0 Å². The zero-order valence-electron chi connectivity index (χ0n) is 11.8. The number of imide groups is 1. The van der Waals surface area contributed by atoms with Crippen LogP contribution >= 0.6 is 46.4 Å². The number of nitrogens with zero attached hydrogens (tertiary/aromatic N) is 1. The van der Waals surface area contributed by atoms with Crippen LogP contribution in [0.2, 0.25) is 0 Å². The Labute approximate surface area is 151 Å². The Hall–Kier alpha value is -0.0400. The lowest BCUT2D eigenvalue weighted by Gasteiger charge is -2.40. The third-order valence-corrected chi connectivity index (χ3v) is 8.64. The molecule has 0 radical (unpaired) electrons. The van der Waals surface area contributed by atoms with Gasteiger partial charge in [0.15, 0.2) is 0 Å². The number of hydrogen-bond acceptors (Lipinski definition) is 4. The van der Waals surface area contributed by atoms with Crippen LogP contribution in [-0.2, 0) is 19.2 Å². The van der Waals surface area contributed by atoms with Crippen molar-refractivity contribution in [2.45, 2.75) is 28.4 Å². The van der Waals surface area contributed by atoms with Crippen LogP contribution in [0.1, 0.15) is 6.42 Å². The normalized spacial score (nSPS) is 56.1. The minimum absolute atomic E-state index is 0.239. The van der Waals surface area contributed by atoms with Crippen molar-refractivity contribution in [1.29, 1.82) is 0 Å². The minimum atomic E-state index is -0.931. The van der Waals surface area contributed by atoms with Gasteiger partial charge in [0.05, 0.1) is 51.0 Å². The maximum atomic E-state index is 12.5. The molecule has 2 amide bonds. The molecule has 0 N–H and O–H groups in total. The van der Waals surface area contributed by atoms with Crippen molar-refractivity contribution in [1.82, 2.24) is 5.06 Å². The molecule has 3 saturated heterocycles. The van der Waals surface area contributed by atoms with Gasteiger partial charge >= 0.3 is 0 Å². The fourth-order valence-electron chi connectivity index (χ4n) is 5.44. The Morgan fingerprint density at radius 1 is 1.04 bits per heavy atom. The quantitative estimate of drug-likeness (QED) is 0.502.